The number of carbonyl (C=O) groups is 2. The molecule has 1 saturated carbocycles. The van der Waals surface area contributed by atoms with Crippen LogP contribution in [0.4, 0.5) is 5.69 Å². The number of allylic oxidation sites excluding steroid dienone is 2. The van der Waals surface area contributed by atoms with Gasteiger partial charge in [-0.1, -0.05) is 54.1 Å². The zero-order chi connectivity index (χ0) is 42.9. The third-order valence-electron chi connectivity index (χ3n) is 12.5. The van der Waals surface area contributed by atoms with Crippen molar-refractivity contribution in [1.29, 1.82) is 0 Å². The van der Waals surface area contributed by atoms with Gasteiger partial charge in [0.05, 0.1) is 62.0 Å². The number of aromatic hydroxyl groups is 1. The number of hydrogen-bond acceptors (Lipinski definition) is 11. The lowest BCUT2D eigenvalue weighted by molar-refractivity contribution is -0.138. The number of phenols is 1. The van der Waals surface area contributed by atoms with Crippen LogP contribution in [0.2, 0.25) is 0 Å². The van der Waals surface area contributed by atoms with E-state index < -0.39 is 52.0 Å². The maximum absolute atomic E-state index is 15.4. The van der Waals surface area contributed by atoms with Crippen molar-refractivity contribution in [1.82, 2.24) is 28.5 Å². The Balaban J connectivity index is 1.17. The number of nitrogens with zero attached hydrogens (tertiary/aromatic N) is 6. The number of nitrogens with one attached hydrogen (secondary N) is 1. The number of ether oxygens (including phenoxy) is 3. The number of fused-ring (bicyclic) bond motifs is 5. The number of aryl methyl sites for hydroxylation is 3. The molecule has 1 saturated heterocycles. The molecule has 6 aromatic rings. The van der Waals surface area contributed by atoms with Gasteiger partial charge < -0.3 is 23.9 Å². The molecule has 2 N–H and O–H groups in total. The third kappa shape index (κ3) is 5.87. The summed E-state index contributed by atoms with van der Waals surface area (Å²) >= 11 is 0. The monoisotopic (exact) mass is 825 g/mol. The Labute approximate surface area is 348 Å². The fourth-order valence-corrected chi connectivity index (χ4v) is 9.57. The van der Waals surface area contributed by atoms with Crippen molar-refractivity contribution >= 4 is 28.5 Å². The standard InChI is InChI=1S/C45H43N7O9/c1-25-11-13-27(14-12-25)47-51-40(54)31-22-34-29(39(30-21-28(59-3)15-16-36(30)53)45(31,42(51)56)26-9-7-6-8-10-26)17-20-50-43(57)49(44(58)52(34)50)19-18-32-41(55)48(2)35-24-38(61-5)37(60-4)23-33(35)46-32/h6-17,21,23-24,31,34,39,47,53H,18-20,22H2,1-5H3. The number of imide groups is 1. The summed E-state index contributed by atoms with van der Waals surface area (Å²) in [4.78, 5) is 77.4. The number of hydrazine groups is 1. The number of amides is 2. The molecule has 2 fully saturated rings. The topological polar surface area (TPSA) is 181 Å². The first-order valence-electron chi connectivity index (χ1n) is 19.8. The van der Waals surface area contributed by atoms with Gasteiger partial charge in [0.15, 0.2) is 11.5 Å². The van der Waals surface area contributed by atoms with Crippen molar-refractivity contribution in [3.63, 3.8) is 0 Å². The first kappa shape index (κ1) is 39.1. The summed E-state index contributed by atoms with van der Waals surface area (Å²) in [6.07, 6.45) is 1.74. The van der Waals surface area contributed by atoms with E-state index in [0.717, 1.165) is 15.1 Å². The van der Waals surface area contributed by atoms with Crippen LogP contribution < -0.4 is 36.6 Å². The number of methoxy groups -OCH3 is 3. The molecule has 4 aromatic carbocycles. The minimum absolute atomic E-state index is 0.0277. The van der Waals surface area contributed by atoms with Crippen LogP contribution in [0.1, 0.15) is 40.8 Å². The van der Waals surface area contributed by atoms with E-state index in [4.69, 9.17) is 14.2 Å². The molecule has 16 heteroatoms. The number of carbonyl (C=O) groups excluding carboxylic acids is 2. The molecule has 312 valence electrons. The highest BCUT2D eigenvalue weighted by Gasteiger charge is 2.69. The third-order valence-corrected chi connectivity index (χ3v) is 12.5. The van der Waals surface area contributed by atoms with Gasteiger partial charge in [-0.2, -0.15) is 5.01 Å². The number of benzene rings is 4. The smallest absolute Gasteiger partial charge is 0.347 e. The summed E-state index contributed by atoms with van der Waals surface area (Å²) in [5.41, 5.74) is 3.85. The number of hydrogen-bond donors (Lipinski definition) is 2. The number of anilines is 1. The van der Waals surface area contributed by atoms with Crippen LogP contribution in [-0.2, 0) is 41.6 Å². The lowest BCUT2D eigenvalue weighted by Gasteiger charge is -2.49. The largest absolute Gasteiger partial charge is 0.508 e. The molecule has 61 heavy (non-hydrogen) atoms. The quantitative estimate of drug-likeness (QED) is 0.151. The van der Waals surface area contributed by atoms with Gasteiger partial charge in [-0.25, -0.2) is 28.5 Å². The maximum atomic E-state index is 15.4. The van der Waals surface area contributed by atoms with E-state index in [1.165, 1.54) is 41.3 Å². The van der Waals surface area contributed by atoms with Crippen molar-refractivity contribution in [3.05, 3.63) is 150 Å². The van der Waals surface area contributed by atoms with Crippen molar-refractivity contribution in [2.24, 2.45) is 13.0 Å². The van der Waals surface area contributed by atoms with Crippen molar-refractivity contribution < 1.29 is 28.9 Å². The SMILES string of the molecule is COc1ccc(O)c(C2C3=CCn4c(=O)n(CCc5nc6cc(OC)c(OC)cc6n(C)c5=O)c(=O)n4C3CC3C(=O)N(Nc4ccc(C)cc4)C(=O)C32c2ccccc2)c1. The molecule has 1 aliphatic carbocycles. The van der Waals surface area contributed by atoms with E-state index in [2.05, 4.69) is 10.4 Å². The second-order valence-electron chi connectivity index (χ2n) is 15.6. The fourth-order valence-electron chi connectivity index (χ4n) is 9.57. The molecular weight excluding hydrogens is 783 g/mol. The number of phenolic OH excluding ortho intramolecular Hbond substituents is 1. The molecule has 4 unspecified atom stereocenters. The van der Waals surface area contributed by atoms with Crippen LogP contribution in [0.15, 0.2) is 111 Å². The second-order valence-corrected chi connectivity index (χ2v) is 15.6. The molecule has 4 heterocycles. The predicted molar refractivity (Wildman–Crippen MR) is 224 cm³/mol. The van der Waals surface area contributed by atoms with E-state index in [-0.39, 0.29) is 37.4 Å². The van der Waals surface area contributed by atoms with Crippen molar-refractivity contribution in [2.45, 2.75) is 50.2 Å². The number of rotatable bonds is 10. The van der Waals surface area contributed by atoms with E-state index in [9.17, 15) is 24.3 Å². The van der Waals surface area contributed by atoms with Gasteiger partial charge in [0.25, 0.3) is 17.4 Å². The Hall–Kier alpha value is -7.36. The molecule has 16 nitrogen and oxygen atoms in total. The summed E-state index contributed by atoms with van der Waals surface area (Å²) in [5, 5.41) is 12.7. The minimum atomic E-state index is -1.61. The zero-order valence-electron chi connectivity index (χ0n) is 34.1. The highest BCUT2D eigenvalue weighted by Crippen LogP contribution is 2.63. The zero-order valence-corrected chi connectivity index (χ0v) is 34.1. The van der Waals surface area contributed by atoms with Crippen LogP contribution in [0.25, 0.3) is 11.0 Å². The van der Waals surface area contributed by atoms with E-state index in [1.54, 1.807) is 67.7 Å². The normalized spacial score (nSPS) is 20.5. The van der Waals surface area contributed by atoms with Crippen LogP contribution in [0.3, 0.4) is 0 Å². The van der Waals surface area contributed by atoms with Crippen molar-refractivity contribution in [3.8, 4) is 23.0 Å². The highest BCUT2D eigenvalue weighted by atomic mass is 16.5. The van der Waals surface area contributed by atoms with E-state index >= 15 is 4.79 Å². The highest BCUT2D eigenvalue weighted by molar-refractivity contribution is 6.12. The van der Waals surface area contributed by atoms with Gasteiger partial charge in [-0.05, 0) is 54.8 Å². The first-order valence-corrected chi connectivity index (χ1v) is 19.8. The Morgan fingerprint density at radius 3 is 2.30 bits per heavy atom. The summed E-state index contributed by atoms with van der Waals surface area (Å²) in [6, 6.07) is 23.5. The van der Waals surface area contributed by atoms with E-state index in [1.807, 2.05) is 31.2 Å². The number of aromatic nitrogens is 5. The molecule has 0 spiro atoms. The fraction of sp³-hybridized carbons (Fsp3) is 0.289. The van der Waals surface area contributed by atoms with Crippen molar-refractivity contribution in [2.75, 3.05) is 26.8 Å². The summed E-state index contributed by atoms with van der Waals surface area (Å²) in [7, 11) is 6.09. The molecule has 0 bridgehead atoms. The summed E-state index contributed by atoms with van der Waals surface area (Å²) < 4.78 is 21.7. The van der Waals surface area contributed by atoms with E-state index in [0.29, 0.717) is 50.7 Å². The molecule has 0 radical (unpaired) electrons. The van der Waals surface area contributed by atoms with Gasteiger partial charge in [0.2, 0.25) is 0 Å². The van der Waals surface area contributed by atoms with Gasteiger partial charge in [-0.3, -0.25) is 19.8 Å². The van der Waals surface area contributed by atoms with Gasteiger partial charge in [0.1, 0.15) is 17.2 Å². The molecule has 2 amide bonds. The molecule has 3 aliphatic rings. The molecule has 2 aliphatic heterocycles. The molecule has 4 atom stereocenters. The summed E-state index contributed by atoms with van der Waals surface area (Å²) in [5.74, 6) is -2.02. The Kier molecular flexibility index (Phi) is 9.44. The Morgan fingerprint density at radius 1 is 0.869 bits per heavy atom. The molecule has 2 aromatic heterocycles. The Bertz CT molecular complexity index is 2980. The maximum Gasteiger partial charge on any atom is 0.347 e. The van der Waals surface area contributed by atoms with Crippen LogP contribution in [-0.4, -0.2) is 66.7 Å². The average Bonchev–Trinajstić information content (AvgIpc) is 3.65. The second kappa shape index (κ2) is 14.7. The van der Waals surface area contributed by atoms with Crippen LogP contribution >= 0.6 is 0 Å². The van der Waals surface area contributed by atoms with Gasteiger partial charge in [0, 0.05) is 43.6 Å². The lowest BCUT2D eigenvalue weighted by atomic mass is 9.53. The summed E-state index contributed by atoms with van der Waals surface area (Å²) in [6.45, 7) is 1.72. The molecular formula is C45H43N7O9. The van der Waals surface area contributed by atoms with Crippen LogP contribution in [0, 0.1) is 12.8 Å². The predicted octanol–water partition coefficient (Wildman–Crippen LogP) is 3.96. The minimum Gasteiger partial charge on any atom is -0.508 e. The first-order chi connectivity index (χ1) is 29.4. The molecule has 9 rings (SSSR count). The van der Waals surface area contributed by atoms with Gasteiger partial charge in [-0.15, -0.1) is 0 Å². The van der Waals surface area contributed by atoms with Crippen LogP contribution in [0.5, 0.6) is 23.0 Å². The lowest BCUT2D eigenvalue weighted by Crippen LogP contribution is -2.53. The Morgan fingerprint density at radius 2 is 1.59 bits per heavy atom. The average molecular weight is 826 g/mol. The van der Waals surface area contributed by atoms with Gasteiger partial charge >= 0.3 is 11.4 Å².